The molecule has 1 aromatic carbocycles. The number of nitrogens with one attached hydrogen (secondary N) is 1. The van der Waals surface area contributed by atoms with Crippen LogP contribution in [0.5, 0.6) is 0 Å². The number of hydrogen-bond acceptors (Lipinski definition) is 3. The maximum atomic E-state index is 10.8. The van der Waals surface area contributed by atoms with Crippen molar-refractivity contribution in [1.82, 2.24) is 5.32 Å². The Balaban J connectivity index is 2.15. The zero-order chi connectivity index (χ0) is 12.3. The first-order chi connectivity index (χ1) is 8.16. The van der Waals surface area contributed by atoms with E-state index in [2.05, 4.69) is 11.4 Å². The maximum absolute atomic E-state index is 10.8. The van der Waals surface area contributed by atoms with Gasteiger partial charge < -0.3 is 5.32 Å². The van der Waals surface area contributed by atoms with Crippen molar-refractivity contribution in [3.05, 3.63) is 45.5 Å². The van der Waals surface area contributed by atoms with Crippen LogP contribution in [0.4, 0.5) is 5.69 Å². The molecule has 1 aromatic rings. The van der Waals surface area contributed by atoms with Gasteiger partial charge in [0.25, 0.3) is 5.69 Å². The molecular weight excluding hydrogens is 216 g/mol. The Morgan fingerprint density at radius 2 is 2.35 bits per heavy atom. The summed E-state index contributed by atoms with van der Waals surface area (Å²) in [6.45, 7) is 2.81. The van der Waals surface area contributed by atoms with Crippen LogP contribution < -0.4 is 5.32 Å². The second-order valence-electron chi connectivity index (χ2n) is 4.36. The Bertz CT molecular complexity index is 449. The molecule has 1 heterocycles. The van der Waals surface area contributed by atoms with Gasteiger partial charge in [-0.1, -0.05) is 24.3 Å². The van der Waals surface area contributed by atoms with Crippen molar-refractivity contribution in [1.29, 1.82) is 0 Å². The minimum absolute atomic E-state index is 0.187. The first-order valence-electron chi connectivity index (χ1n) is 5.83. The fraction of sp³-hybridized carbons (Fsp3) is 0.385. The van der Waals surface area contributed by atoms with Crippen LogP contribution in [-0.2, 0) is 0 Å². The van der Waals surface area contributed by atoms with E-state index in [1.807, 2.05) is 12.1 Å². The fourth-order valence-corrected chi connectivity index (χ4v) is 2.03. The minimum Gasteiger partial charge on any atom is -0.311 e. The molecule has 4 nitrogen and oxygen atoms in total. The molecule has 0 amide bonds. The van der Waals surface area contributed by atoms with Crippen molar-refractivity contribution in [3.8, 4) is 0 Å². The van der Waals surface area contributed by atoms with E-state index in [4.69, 9.17) is 0 Å². The molecule has 4 heteroatoms. The monoisotopic (exact) mass is 232 g/mol. The van der Waals surface area contributed by atoms with Crippen LogP contribution in [0.3, 0.4) is 0 Å². The number of nitrogens with zero attached hydrogens (tertiary/aromatic N) is 1. The second-order valence-corrected chi connectivity index (χ2v) is 4.36. The maximum Gasteiger partial charge on any atom is 0.272 e. The van der Waals surface area contributed by atoms with E-state index in [1.165, 1.54) is 6.42 Å². The molecule has 1 aliphatic rings. The van der Waals surface area contributed by atoms with Crippen molar-refractivity contribution in [3.63, 3.8) is 0 Å². The lowest BCUT2D eigenvalue weighted by atomic mass is 10.1. The van der Waals surface area contributed by atoms with Crippen molar-refractivity contribution in [2.24, 2.45) is 0 Å². The average molecular weight is 232 g/mol. The van der Waals surface area contributed by atoms with E-state index in [1.54, 1.807) is 19.1 Å². The van der Waals surface area contributed by atoms with Gasteiger partial charge in [0, 0.05) is 17.7 Å². The quantitative estimate of drug-likeness (QED) is 0.644. The summed E-state index contributed by atoms with van der Waals surface area (Å²) in [5, 5.41) is 14.2. The first-order valence-corrected chi connectivity index (χ1v) is 5.83. The van der Waals surface area contributed by atoms with E-state index in [0.29, 0.717) is 11.6 Å². The minimum atomic E-state index is -0.333. The average Bonchev–Trinajstić information content (AvgIpc) is 2.80. The topological polar surface area (TPSA) is 55.2 Å². The Labute approximate surface area is 100 Å². The second kappa shape index (κ2) is 5.10. The van der Waals surface area contributed by atoms with Crippen LogP contribution in [0.25, 0.3) is 6.08 Å². The summed E-state index contributed by atoms with van der Waals surface area (Å²) in [5.74, 6) is 0. The molecule has 1 saturated heterocycles. The Morgan fingerprint density at radius 3 is 3.00 bits per heavy atom. The number of aryl methyl sites for hydroxylation is 1. The van der Waals surface area contributed by atoms with Gasteiger partial charge in [-0.25, -0.2) is 0 Å². The predicted molar refractivity (Wildman–Crippen MR) is 67.9 cm³/mol. The number of nitro benzene ring substituents is 1. The van der Waals surface area contributed by atoms with Crippen LogP contribution in [0, 0.1) is 17.0 Å². The van der Waals surface area contributed by atoms with E-state index >= 15 is 0 Å². The zero-order valence-corrected chi connectivity index (χ0v) is 9.85. The third kappa shape index (κ3) is 2.91. The third-order valence-corrected chi connectivity index (χ3v) is 3.05. The van der Waals surface area contributed by atoms with Crippen molar-refractivity contribution in [2.45, 2.75) is 25.8 Å². The van der Waals surface area contributed by atoms with E-state index in [0.717, 1.165) is 18.5 Å². The molecule has 2 rings (SSSR count). The number of rotatable bonds is 3. The van der Waals surface area contributed by atoms with Gasteiger partial charge in [-0.2, -0.15) is 0 Å². The normalized spacial score (nSPS) is 19.9. The van der Waals surface area contributed by atoms with Gasteiger partial charge >= 0.3 is 0 Å². The number of nitro groups is 1. The molecule has 1 N–H and O–H groups in total. The highest BCUT2D eigenvalue weighted by Gasteiger charge is 2.11. The molecular formula is C13H16N2O2. The highest BCUT2D eigenvalue weighted by molar-refractivity contribution is 5.56. The Morgan fingerprint density at radius 1 is 1.53 bits per heavy atom. The molecule has 0 aromatic heterocycles. The Hall–Kier alpha value is -1.68. The SMILES string of the molecule is Cc1ccc(/C=C/C2CCCN2)cc1[N+](=O)[O-]. The lowest BCUT2D eigenvalue weighted by Gasteiger charge is -2.03. The third-order valence-electron chi connectivity index (χ3n) is 3.05. The Kier molecular flexibility index (Phi) is 3.54. The summed E-state index contributed by atoms with van der Waals surface area (Å²) < 4.78 is 0. The molecule has 1 fully saturated rings. The number of hydrogen-bond donors (Lipinski definition) is 1. The summed E-state index contributed by atoms with van der Waals surface area (Å²) >= 11 is 0. The zero-order valence-electron chi connectivity index (χ0n) is 9.85. The van der Waals surface area contributed by atoms with Gasteiger partial charge in [0.05, 0.1) is 4.92 Å². The van der Waals surface area contributed by atoms with Gasteiger partial charge in [0.1, 0.15) is 0 Å². The highest BCUT2D eigenvalue weighted by Crippen LogP contribution is 2.20. The molecule has 1 atom stereocenters. The van der Waals surface area contributed by atoms with Crippen LogP contribution in [0.2, 0.25) is 0 Å². The molecule has 1 aliphatic heterocycles. The molecule has 1 unspecified atom stereocenters. The van der Waals surface area contributed by atoms with Gasteiger partial charge in [0.2, 0.25) is 0 Å². The molecule has 0 radical (unpaired) electrons. The molecule has 17 heavy (non-hydrogen) atoms. The van der Waals surface area contributed by atoms with Crippen molar-refractivity contribution >= 4 is 11.8 Å². The molecule has 0 spiro atoms. The molecule has 0 bridgehead atoms. The van der Waals surface area contributed by atoms with Crippen LogP contribution >= 0.6 is 0 Å². The lowest BCUT2D eigenvalue weighted by Crippen LogP contribution is -2.17. The summed E-state index contributed by atoms with van der Waals surface area (Å²) in [6.07, 6.45) is 6.38. The van der Waals surface area contributed by atoms with E-state index in [-0.39, 0.29) is 10.6 Å². The molecule has 0 aliphatic carbocycles. The summed E-state index contributed by atoms with van der Waals surface area (Å²) in [4.78, 5) is 10.5. The fourth-order valence-electron chi connectivity index (χ4n) is 2.03. The van der Waals surface area contributed by atoms with Crippen LogP contribution in [-0.4, -0.2) is 17.5 Å². The number of benzene rings is 1. The molecule has 0 saturated carbocycles. The summed E-state index contributed by atoms with van der Waals surface area (Å²) in [6, 6.07) is 5.74. The first kappa shape index (κ1) is 11.8. The van der Waals surface area contributed by atoms with Crippen LogP contribution in [0.1, 0.15) is 24.0 Å². The van der Waals surface area contributed by atoms with Crippen LogP contribution in [0.15, 0.2) is 24.3 Å². The van der Waals surface area contributed by atoms with Crippen molar-refractivity contribution < 1.29 is 4.92 Å². The predicted octanol–water partition coefficient (Wildman–Crippen LogP) is 2.67. The van der Waals surface area contributed by atoms with Gasteiger partial charge in [-0.05, 0) is 31.9 Å². The smallest absolute Gasteiger partial charge is 0.272 e. The standard InChI is InChI=1S/C13H16N2O2/c1-10-4-5-11(9-13(10)15(16)17)6-7-12-3-2-8-14-12/h4-7,9,12,14H,2-3,8H2,1H3/b7-6+. The highest BCUT2D eigenvalue weighted by atomic mass is 16.6. The van der Waals surface area contributed by atoms with E-state index in [9.17, 15) is 10.1 Å². The van der Waals surface area contributed by atoms with Gasteiger partial charge in [0.15, 0.2) is 0 Å². The van der Waals surface area contributed by atoms with E-state index < -0.39 is 0 Å². The molecule has 90 valence electrons. The summed E-state index contributed by atoms with van der Waals surface area (Å²) in [7, 11) is 0. The van der Waals surface area contributed by atoms with Crippen molar-refractivity contribution in [2.75, 3.05) is 6.54 Å². The van der Waals surface area contributed by atoms with Gasteiger partial charge in [-0.15, -0.1) is 0 Å². The largest absolute Gasteiger partial charge is 0.311 e. The lowest BCUT2D eigenvalue weighted by molar-refractivity contribution is -0.385. The summed E-state index contributed by atoms with van der Waals surface area (Å²) in [5.41, 5.74) is 1.77. The van der Waals surface area contributed by atoms with Gasteiger partial charge in [-0.3, -0.25) is 10.1 Å².